The normalized spacial score (nSPS) is 17.8. The van der Waals surface area contributed by atoms with Gasteiger partial charge < -0.3 is 15.2 Å². The number of amides is 2. The van der Waals surface area contributed by atoms with E-state index in [2.05, 4.69) is 15.6 Å². The van der Waals surface area contributed by atoms with E-state index in [-0.39, 0.29) is 17.4 Å². The van der Waals surface area contributed by atoms with Gasteiger partial charge in [0.25, 0.3) is 11.5 Å². The lowest BCUT2D eigenvalue weighted by atomic mass is 10.1. The second-order valence-electron chi connectivity index (χ2n) is 6.26. The van der Waals surface area contributed by atoms with E-state index in [9.17, 15) is 14.4 Å². The van der Waals surface area contributed by atoms with Gasteiger partial charge in [-0.3, -0.25) is 14.4 Å². The van der Waals surface area contributed by atoms with Gasteiger partial charge in [0.15, 0.2) is 0 Å². The van der Waals surface area contributed by atoms with Crippen LogP contribution in [0.5, 0.6) is 0 Å². The number of hydrogen-bond donors (Lipinski definition) is 2. The molecule has 1 aromatic carbocycles. The Hall–Kier alpha value is -2.70. The van der Waals surface area contributed by atoms with Crippen LogP contribution in [-0.4, -0.2) is 34.0 Å². The monoisotopic (exact) mass is 342 g/mol. The first-order valence-corrected chi connectivity index (χ1v) is 8.61. The summed E-state index contributed by atoms with van der Waals surface area (Å²) < 4.78 is 1.64. The zero-order chi connectivity index (χ0) is 18.0. The van der Waals surface area contributed by atoms with Gasteiger partial charge in [0.05, 0.1) is 11.0 Å². The van der Waals surface area contributed by atoms with Crippen molar-refractivity contribution >= 4 is 22.8 Å². The fourth-order valence-corrected chi connectivity index (χ4v) is 3.15. The van der Waals surface area contributed by atoms with Crippen LogP contribution in [0.25, 0.3) is 11.0 Å². The molecule has 1 saturated heterocycles. The number of hydrogen-bond acceptors (Lipinski definition) is 4. The Morgan fingerprint density at radius 1 is 1.36 bits per heavy atom. The summed E-state index contributed by atoms with van der Waals surface area (Å²) >= 11 is 0. The Kier molecular flexibility index (Phi) is 4.83. The third-order valence-corrected chi connectivity index (χ3v) is 4.53. The number of aromatic nitrogens is 2. The van der Waals surface area contributed by atoms with Gasteiger partial charge in [0.1, 0.15) is 11.7 Å². The summed E-state index contributed by atoms with van der Waals surface area (Å²) in [4.78, 5) is 41.0. The van der Waals surface area contributed by atoms with Gasteiger partial charge in [-0.05, 0) is 51.3 Å². The Morgan fingerprint density at radius 2 is 2.16 bits per heavy atom. The van der Waals surface area contributed by atoms with Gasteiger partial charge in [-0.1, -0.05) is 0 Å². The number of aryl methyl sites for hydroxylation is 2. The first-order chi connectivity index (χ1) is 12.0. The minimum absolute atomic E-state index is 0.123. The topological polar surface area (TPSA) is 93.1 Å². The molecule has 3 rings (SSSR count). The maximum absolute atomic E-state index is 12.5. The fourth-order valence-electron chi connectivity index (χ4n) is 3.15. The lowest BCUT2D eigenvalue weighted by Crippen LogP contribution is -2.45. The van der Waals surface area contributed by atoms with Gasteiger partial charge in [-0.15, -0.1) is 0 Å². The van der Waals surface area contributed by atoms with E-state index in [4.69, 9.17) is 0 Å². The SMILES string of the molecule is CCn1c(=O)c(C)nc2cc(C(=O)NC3CCCCNC3=O)ccc21. The molecule has 7 heteroatoms. The highest BCUT2D eigenvalue weighted by Gasteiger charge is 2.23. The van der Waals surface area contributed by atoms with Gasteiger partial charge in [-0.2, -0.15) is 0 Å². The number of carbonyl (C=O) groups excluding carboxylic acids is 2. The van der Waals surface area contributed by atoms with E-state index in [1.165, 1.54) is 0 Å². The molecule has 2 N–H and O–H groups in total. The zero-order valence-electron chi connectivity index (χ0n) is 14.5. The number of nitrogens with zero attached hydrogens (tertiary/aromatic N) is 2. The Balaban J connectivity index is 1.91. The molecule has 7 nitrogen and oxygen atoms in total. The lowest BCUT2D eigenvalue weighted by Gasteiger charge is -2.15. The Labute approximate surface area is 145 Å². The van der Waals surface area contributed by atoms with Crippen molar-refractivity contribution < 1.29 is 9.59 Å². The van der Waals surface area contributed by atoms with E-state index >= 15 is 0 Å². The number of rotatable bonds is 3. The summed E-state index contributed by atoms with van der Waals surface area (Å²) in [5.74, 6) is -0.446. The minimum Gasteiger partial charge on any atom is -0.354 e. The number of fused-ring (bicyclic) bond motifs is 1. The summed E-state index contributed by atoms with van der Waals surface area (Å²) in [7, 11) is 0. The third kappa shape index (κ3) is 3.40. The van der Waals surface area contributed by atoms with Crippen LogP contribution >= 0.6 is 0 Å². The standard InChI is InChI=1S/C18H22N4O3/c1-3-22-15-8-7-12(10-14(15)20-11(2)18(22)25)16(23)21-13-6-4-5-9-19-17(13)24/h7-8,10,13H,3-6,9H2,1-2H3,(H,19,24)(H,21,23). The molecule has 1 aliphatic heterocycles. The van der Waals surface area contributed by atoms with E-state index in [0.29, 0.717) is 41.8 Å². The molecule has 132 valence electrons. The highest BCUT2D eigenvalue weighted by atomic mass is 16.2. The second-order valence-corrected chi connectivity index (χ2v) is 6.26. The van der Waals surface area contributed by atoms with Crippen molar-refractivity contribution in [3.05, 3.63) is 39.8 Å². The first kappa shape index (κ1) is 17.1. The van der Waals surface area contributed by atoms with Crippen LogP contribution in [-0.2, 0) is 11.3 Å². The Morgan fingerprint density at radius 3 is 2.92 bits per heavy atom. The van der Waals surface area contributed by atoms with Crippen LogP contribution in [0, 0.1) is 6.92 Å². The van der Waals surface area contributed by atoms with E-state index < -0.39 is 6.04 Å². The molecule has 0 aliphatic carbocycles. The predicted octanol–water partition coefficient (Wildman–Crippen LogP) is 1.12. The molecule has 0 spiro atoms. The summed E-state index contributed by atoms with van der Waals surface area (Å²) in [6, 6.07) is 4.55. The van der Waals surface area contributed by atoms with Crippen LogP contribution in [0.4, 0.5) is 0 Å². The first-order valence-electron chi connectivity index (χ1n) is 8.61. The molecule has 1 aromatic heterocycles. The molecule has 2 amide bonds. The summed E-state index contributed by atoms with van der Waals surface area (Å²) in [6.07, 6.45) is 2.45. The van der Waals surface area contributed by atoms with Gasteiger partial charge in [0.2, 0.25) is 5.91 Å². The lowest BCUT2D eigenvalue weighted by molar-refractivity contribution is -0.122. The summed E-state index contributed by atoms with van der Waals surface area (Å²) in [5.41, 5.74) is 1.99. The van der Waals surface area contributed by atoms with Crippen molar-refractivity contribution in [1.29, 1.82) is 0 Å². The second kappa shape index (κ2) is 7.04. The molecule has 25 heavy (non-hydrogen) atoms. The summed E-state index contributed by atoms with van der Waals surface area (Å²) in [5, 5.41) is 5.60. The molecule has 1 unspecified atom stereocenters. The Bertz CT molecular complexity index is 888. The summed E-state index contributed by atoms with van der Waals surface area (Å²) in [6.45, 7) is 4.74. The van der Waals surface area contributed by atoms with Gasteiger partial charge in [-0.25, -0.2) is 4.98 Å². The van der Waals surface area contributed by atoms with Crippen molar-refractivity contribution in [2.75, 3.05) is 6.54 Å². The van der Waals surface area contributed by atoms with E-state index in [1.807, 2.05) is 6.92 Å². The number of nitrogens with one attached hydrogen (secondary N) is 2. The molecule has 2 aromatic rings. The van der Waals surface area contributed by atoms with Crippen molar-refractivity contribution in [1.82, 2.24) is 20.2 Å². The number of benzene rings is 1. The molecule has 0 radical (unpaired) electrons. The van der Waals surface area contributed by atoms with Crippen molar-refractivity contribution in [2.24, 2.45) is 0 Å². The molecular weight excluding hydrogens is 320 g/mol. The molecule has 0 bridgehead atoms. The fraction of sp³-hybridized carbons (Fsp3) is 0.444. The quantitative estimate of drug-likeness (QED) is 0.874. The van der Waals surface area contributed by atoms with Crippen LogP contribution in [0.2, 0.25) is 0 Å². The number of carbonyl (C=O) groups is 2. The maximum atomic E-state index is 12.5. The van der Waals surface area contributed by atoms with E-state index in [0.717, 1.165) is 12.8 Å². The molecule has 1 aliphatic rings. The average molecular weight is 342 g/mol. The molecule has 1 fully saturated rings. The van der Waals surface area contributed by atoms with Crippen LogP contribution in [0.15, 0.2) is 23.0 Å². The molecule has 1 atom stereocenters. The third-order valence-electron chi connectivity index (χ3n) is 4.53. The largest absolute Gasteiger partial charge is 0.354 e. The van der Waals surface area contributed by atoms with Crippen molar-refractivity contribution in [3.8, 4) is 0 Å². The highest BCUT2D eigenvalue weighted by Crippen LogP contribution is 2.14. The molecule has 0 saturated carbocycles. The maximum Gasteiger partial charge on any atom is 0.272 e. The van der Waals surface area contributed by atoms with E-state index in [1.54, 1.807) is 29.7 Å². The van der Waals surface area contributed by atoms with Crippen LogP contribution in [0.1, 0.15) is 42.2 Å². The average Bonchev–Trinajstić information content (AvgIpc) is 2.80. The van der Waals surface area contributed by atoms with Gasteiger partial charge >= 0.3 is 0 Å². The predicted molar refractivity (Wildman–Crippen MR) is 94.5 cm³/mol. The molecular formula is C18H22N4O3. The molecule has 2 heterocycles. The van der Waals surface area contributed by atoms with Crippen molar-refractivity contribution in [2.45, 2.75) is 45.7 Å². The zero-order valence-corrected chi connectivity index (χ0v) is 14.5. The highest BCUT2D eigenvalue weighted by molar-refractivity contribution is 5.99. The smallest absolute Gasteiger partial charge is 0.272 e. The minimum atomic E-state index is -0.509. The van der Waals surface area contributed by atoms with Gasteiger partial charge in [0, 0.05) is 18.7 Å². The van der Waals surface area contributed by atoms with Crippen LogP contribution in [0.3, 0.4) is 0 Å². The van der Waals surface area contributed by atoms with Crippen molar-refractivity contribution in [3.63, 3.8) is 0 Å². The van der Waals surface area contributed by atoms with Crippen LogP contribution < -0.4 is 16.2 Å².